The number of nitrogens with zero attached hydrogens (tertiary/aromatic N) is 1. The third-order valence-electron chi connectivity index (χ3n) is 3.32. The summed E-state index contributed by atoms with van der Waals surface area (Å²) in [5.74, 6) is -0.859. The number of rotatable bonds is 7. The number of fused-ring (bicyclic) bond motifs is 1. The molecular formula is C16H19NO2. The van der Waals surface area contributed by atoms with Gasteiger partial charge in [0.05, 0.1) is 0 Å². The molecule has 3 nitrogen and oxygen atoms in total. The lowest BCUT2D eigenvalue weighted by atomic mass is 10.2. The summed E-state index contributed by atoms with van der Waals surface area (Å²) in [6.07, 6.45) is 6.15. The number of aryl methyl sites for hydroxylation is 1. The lowest BCUT2D eigenvalue weighted by Crippen LogP contribution is -2.08. The number of hydrogen-bond donors (Lipinski definition) is 1. The summed E-state index contributed by atoms with van der Waals surface area (Å²) in [5, 5.41) is 10.3. The van der Waals surface area contributed by atoms with Crippen LogP contribution in [0.15, 0.2) is 43.0 Å². The summed E-state index contributed by atoms with van der Waals surface area (Å²) in [6, 6.07) is 9.56. The number of aromatic carboxylic acids is 1. The van der Waals surface area contributed by atoms with E-state index in [-0.39, 0.29) is 0 Å². The first-order chi connectivity index (χ1) is 9.24. The lowest BCUT2D eigenvalue weighted by Gasteiger charge is -2.08. The number of carbonyl (C=O) groups is 1. The second-order valence-electron chi connectivity index (χ2n) is 4.68. The zero-order valence-corrected chi connectivity index (χ0v) is 11.0. The fourth-order valence-electron chi connectivity index (χ4n) is 2.36. The number of para-hydroxylation sites is 1. The molecule has 1 N–H and O–H groups in total. The highest BCUT2D eigenvalue weighted by Crippen LogP contribution is 2.20. The van der Waals surface area contributed by atoms with Gasteiger partial charge >= 0.3 is 5.97 Å². The van der Waals surface area contributed by atoms with Gasteiger partial charge in [0.15, 0.2) is 0 Å². The number of allylic oxidation sites excluding steroid dienone is 1. The van der Waals surface area contributed by atoms with Crippen LogP contribution in [-0.4, -0.2) is 15.6 Å². The largest absolute Gasteiger partial charge is 0.477 e. The second kappa shape index (κ2) is 6.23. The van der Waals surface area contributed by atoms with Crippen LogP contribution in [0, 0.1) is 0 Å². The molecular weight excluding hydrogens is 238 g/mol. The van der Waals surface area contributed by atoms with E-state index >= 15 is 0 Å². The molecule has 0 radical (unpaired) electrons. The van der Waals surface area contributed by atoms with Crippen molar-refractivity contribution in [3.8, 4) is 0 Å². The predicted octanol–water partition coefficient (Wildman–Crippen LogP) is 4.09. The van der Waals surface area contributed by atoms with Crippen LogP contribution in [0.4, 0.5) is 0 Å². The van der Waals surface area contributed by atoms with Crippen molar-refractivity contribution in [1.82, 2.24) is 4.57 Å². The average Bonchev–Trinajstić information content (AvgIpc) is 2.78. The van der Waals surface area contributed by atoms with Crippen molar-refractivity contribution in [3.05, 3.63) is 48.7 Å². The molecule has 1 heterocycles. The molecule has 0 unspecified atom stereocenters. The monoisotopic (exact) mass is 257 g/mol. The van der Waals surface area contributed by atoms with Gasteiger partial charge in [-0.1, -0.05) is 30.7 Å². The van der Waals surface area contributed by atoms with Gasteiger partial charge in [-0.25, -0.2) is 4.79 Å². The average molecular weight is 257 g/mol. The minimum Gasteiger partial charge on any atom is -0.477 e. The van der Waals surface area contributed by atoms with Crippen molar-refractivity contribution in [3.63, 3.8) is 0 Å². The van der Waals surface area contributed by atoms with E-state index in [9.17, 15) is 9.90 Å². The Bertz CT molecular complexity index is 583. The smallest absolute Gasteiger partial charge is 0.352 e. The van der Waals surface area contributed by atoms with E-state index in [1.165, 1.54) is 0 Å². The molecule has 2 aromatic rings. The summed E-state index contributed by atoms with van der Waals surface area (Å²) < 4.78 is 1.91. The number of benzene rings is 1. The van der Waals surface area contributed by atoms with Crippen LogP contribution in [0.25, 0.3) is 10.9 Å². The van der Waals surface area contributed by atoms with Crippen molar-refractivity contribution in [2.45, 2.75) is 32.2 Å². The molecule has 0 aliphatic rings. The number of aromatic nitrogens is 1. The van der Waals surface area contributed by atoms with Crippen molar-refractivity contribution in [1.29, 1.82) is 0 Å². The third-order valence-corrected chi connectivity index (χ3v) is 3.32. The molecule has 0 amide bonds. The van der Waals surface area contributed by atoms with Crippen molar-refractivity contribution >= 4 is 16.9 Å². The molecule has 0 aliphatic carbocycles. The highest BCUT2D eigenvalue weighted by molar-refractivity contribution is 5.94. The molecule has 1 aromatic heterocycles. The van der Waals surface area contributed by atoms with E-state index in [0.29, 0.717) is 5.69 Å². The van der Waals surface area contributed by atoms with E-state index in [1.807, 2.05) is 34.9 Å². The first kappa shape index (κ1) is 13.4. The fraction of sp³-hybridized carbons (Fsp3) is 0.312. The number of unbranched alkanes of at least 4 members (excludes halogenated alkanes) is 3. The maximum Gasteiger partial charge on any atom is 0.352 e. The molecule has 2 rings (SSSR count). The van der Waals surface area contributed by atoms with Gasteiger partial charge in [-0.05, 0) is 31.4 Å². The molecule has 3 heteroatoms. The van der Waals surface area contributed by atoms with Gasteiger partial charge in [-0.2, -0.15) is 0 Å². The van der Waals surface area contributed by atoms with Crippen molar-refractivity contribution in [2.75, 3.05) is 0 Å². The minimum atomic E-state index is -0.859. The van der Waals surface area contributed by atoms with Crippen molar-refractivity contribution < 1.29 is 9.90 Å². The molecule has 19 heavy (non-hydrogen) atoms. The Morgan fingerprint density at radius 1 is 1.26 bits per heavy atom. The van der Waals surface area contributed by atoms with Gasteiger partial charge in [-0.3, -0.25) is 0 Å². The molecule has 0 saturated heterocycles. The number of carboxylic acid groups (broad SMARTS) is 1. The van der Waals surface area contributed by atoms with Crippen LogP contribution in [-0.2, 0) is 6.54 Å². The topological polar surface area (TPSA) is 42.2 Å². The quantitative estimate of drug-likeness (QED) is 0.599. The Morgan fingerprint density at radius 3 is 2.79 bits per heavy atom. The first-order valence-corrected chi connectivity index (χ1v) is 6.66. The van der Waals surface area contributed by atoms with Crippen molar-refractivity contribution in [2.24, 2.45) is 0 Å². The SMILES string of the molecule is C=CCCCCCn1c(C(=O)O)cc2ccccc21. The van der Waals surface area contributed by atoms with Crippen LogP contribution < -0.4 is 0 Å². The number of hydrogen-bond acceptors (Lipinski definition) is 1. The highest BCUT2D eigenvalue weighted by atomic mass is 16.4. The Kier molecular flexibility index (Phi) is 4.39. The Hall–Kier alpha value is -2.03. The predicted molar refractivity (Wildman–Crippen MR) is 77.6 cm³/mol. The highest BCUT2D eigenvalue weighted by Gasteiger charge is 2.13. The third kappa shape index (κ3) is 3.05. The first-order valence-electron chi connectivity index (χ1n) is 6.66. The van der Waals surface area contributed by atoms with Crippen LogP contribution in [0.1, 0.15) is 36.2 Å². The summed E-state index contributed by atoms with van der Waals surface area (Å²) in [6.45, 7) is 4.46. The zero-order valence-electron chi connectivity index (χ0n) is 11.0. The molecule has 1 aromatic carbocycles. The Balaban J connectivity index is 2.17. The molecule has 100 valence electrons. The van der Waals surface area contributed by atoms with Crippen LogP contribution in [0.2, 0.25) is 0 Å². The van der Waals surface area contributed by atoms with E-state index in [2.05, 4.69) is 6.58 Å². The molecule has 0 spiro atoms. The van der Waals surface area contributed by atoms with Gasteiger partial charge in [0.2, 0.25) is 0 Å². The maximum atomic E-state index is 11.3. The second-order valence-corrected chi connectivity index (χ2v) is 4.68. The van der Waals surface area contributed by atoms with Crippen LogP contribution >= 0.6 is 0 Å². The summed E-state index contributed by atoms with van der Waals surface area (Å²) in [5.41, 5.74) is 1.38. The maximum absolute atomic E-state index is 11.3. The van der Waals surface area contributed by atoms with E-state index < -0.39 is 5.97 Å². The van der Waals surface area contributed by atoms with E-state index in [0.717, 1.165) is 43.1 Å². The van der Waals surface area contributed by atoms with Gasteiger partial charge < -0.3 is 9.67 Å². The van der Waals surface area contributed by atoms with E-state index in [4.69, 9.17) is 0 Å². The molecule has 0 fully saturated rings. The molecule has 0 atom stereocenters. The Labute approximate surface area is 113 Å². The zero-order chi connectivity index (χ0) is 13.7. The van der Waals surface area contributed by atoms with Crippen LogP contribution in [0.5, 0.6) is 0 Å². The fourth-order valence-corrected chi connectivity index (χ4v) is 2.36. The Morgan fingerprint density at radius 2 is 2.05 bits per heavy atom. The van der Waals surface area contributed by atoms with Gasteiger partial charge in [0.25, 0.3) is 0 Å². The van der Waals surface area contributed by atoms with Gasteiger partial charge in [0, 0.05) is 17.4 Å². The van der Waals surface area contributed by atoms with Gasteiger partial charge in [-0.15, -0.1) is 6.58 Å². The summed E-state index contributed by atoms with van der Waals surface area (Å²) >= 11 is 0. The van der Waals surface area contributed by atoms with Gasteiger partial charge in [0.1, 0.15) is 5.69 Å². The normalized spacial score (nSPS) is 10.7. The lowest BCUT2D eigenvalue weighted by molar-refractivity contribution is 0.0685. The van der Waals surface area contributed by atoms with Crippen LogP contribution in [0.3, 0.4) is 0 Å². The summed E-state index contributed by atoms with van der Waals surface area (Å²) in [7, 11) is 0. The standard InChI is InChI=1S/C16H19NO2/c1-2-3-4-5-8-11-17-14-10-7-6-9-13(14)12-15(17)16(18)19/h2,6-7,9-10,12H,1,3-5,8,11H2,(H,18,19). The van der Waals surface area contributed by atoms with E-state index in [1.54, 1.807) is 6.07 Å². The number of carboxylic acids is 1. The summed E-state index contributed by atoms with van der Waals surface area (Å²) in [4.78, 5) is 11.3. The molecule has 0 saturated carbocycles. The molecule has 0 bridgehead atoms. The molecule has 0 aliphatic heterocycles. The minimum absolute atomic E-state index is 0.380.